The van der Waals surface area contributed by atoms with E-state index in [0.717, 1.165) is 4.90 Å². The third kappa shape index (κ3) is 4.84. The van der Waals surface area contributed by atoms with Crippen molar-refractivity contribution < 1.29 is 24.2 Å². The van der Waals surface area contributed by atoms with Gasteiger partial charge < -0.3 is 20.1 Å². The Balaban J connectivity index is 2.28. The summed E-state index contributed by atoms with van der Waals surface area (Å²) in [5, 5.41) is 11.9. The van der Waals surface area contributed by atoms with Gasteiger partial charge in [-0.3, -0.25) is 9.59 Å². The van der Waals surface area contributed by atoms with E-state index in [9.17, 15) is 14.4 Å². The molecule has 0 radical (unpaired) electrons. The molecule has 0 bridgehead atoms. The number of ether oxygens (including phenoxy) is 1. The molecular weight excluding hydrogens is 348 g/mol. The molecule has 0 aliphatic carbocycles. The van der Waals surface area contributed by atoms with Gasteiger partial charge in [-0.15, -0.1) is 0 Å². The quantitative estimate of drug-likeness (QED) is 0.778. The largest absolute Gasteiger partial charge is 0.497 e. The highest BCUT2D eigenvalue weighted by molar-refractivity contribution is 5.98. The van der Waals surface area contributed by atoms with Crippen molar-refractivity contribution in [3.63, 3.8) is 0 Å². The highest BCUT2D eigenvalue weighted by Crippen LogP contribution is 2.18. The lowest BCUT2D eigenvalue weighted by Gasteiger charge is -2.27. The Morgan fingerprint density at radius 1 is 1.04 bits per heavy atom. The molecule has 2 atom stereocenters. The molecule has 0 heterocycles. The molecule has 0 aromatic heterocycles. The van der Waals surface area contributed by atoms with Gasteiger partial charge in [0.2, 0.25) is 5.91 Å². The van der Waals surface area contributed by atoms with Gasteiger partial charge in [0, 0.05) is 12.6 Å². The summed E-state index contributed by atoms with van der Waals surface area (Å²) in [4.78, 5) is 37.8. The van der Waals surface area contributed by atoms with Crippen molar-refractivity contribution in [1.29, 1.82) is 0 Å². The van der Waals surface area contributed by atoms with Crippen LogP contribution in [-0.2, 0) is 9.59 Å². The number of nitrogens with one attached hydrogen (secondary N) is 1. The number of carboxylic acids is 1. The fraction of sp³-hybridized carbons (Fsp3) is 0.250. The molecule has 0 spiro atoms. The van der Waals surface area contributed by atoms with Crippen LogP contribution in [0, 0.1) is 0 Å². The zero-order valence-corrected chi connectivity index (χ0v) is 15.4. The summed E-state index contributed by atoms with van der Waals surface area (Å²) in [6.07, 6.45) is 0. The van der Waals surface area contributed by atoms with Crippen LogP contribution in [0.5, 0.6) is 5.75 Å². The standard InChI is InChI=1S/C20H22N2O5/c1-13(20(25)26)22(2)19(24)17(14-7-5-4-6-8-14)21-18(23)15-9-11-16(27-3)12-10-15/h4-13,17H,1-3H3,(H,21,23)(H,25,26). The minimum absolute atomic E-state index is 0.360. The number of benzene rings is 2. The fourth-order valence-electron chi connectivity index (χ4n) is 2.45. The predicted octanol–water partition coefficient (Wildman–Crippen LogP) is 2.10. The molecule has 27 heavy (non-hydrogen) atoms. The number of aliphatic carboxylic acids is 1. The number of hydrogen-bond donors (Lipinski definition) is 2. The Kier molecular flexibility index (Phi) is 6.54. The van der Waals surface area contributed by atoms with Crippen LogP contribution in [0.1, 0.15) is 28.9 Å². The van der Waals surface area contributed by atoms with Gasteiger partial charge in [0.25, 0.3) is 5.91 Å². The Bertz CT molecular complexity index is 805. The number of hydrogen-bond acceptors (Lipinski definition) is 4. The number of carbonyl (C=O) groups excluding carboxylic acids is 2. The maximum Gasteiger partial charge on any atom is 0.326 e. The number of carbonyl (C=O) groups is 3. The lowest BCUT2D eigenvalue weighted by molar-refractivity contribution is -0.149. The molecule has 0 saturated heterocycles. The van der Waals surface area contributed by atoms with E-state index < -0.39 is 29.9 Å². The summed E-state index contributed by atoms with van der Waals surface area (Å²) in [6, 6.07) is 13.1. The molecule has 0 aliphatic heterocycles. The van der Waals surface area contributed by atoms with Gasteiger partial charge in [0.15, 0.2) is 0 Å². The molecule has 2 aromatic carbocycles. The minimum atomic E-state index is -1.13. The van der Waals surface area contributed by atoms with Gasteiger partial charge in [-0.2, -0.15) is 0 Å². The van der Waals surface area contributed by atoms with Gasteiger partial charge in [-0.1, -0.05) is 30.3 Å². The minimum Gasteiger partial charge on any atom is -0.497 e. The molecule has 0 aliphatic rings. The molecule has 2 amide bonds. The van der Waals surface area contributed by atoms with Crippen LogP contribution < -0.4 is 10.1 Å². The molecule has 2 rings (SSSR count). The molecule has 2 aromatic rings. The fourth-order valence-corrected chi connectivity index (χ4v) is 2.45. The predicted molar refractivity (Wildman–Crippen MR) is 99.5 cm³/mol. The molecule has 2 N–H and O–H groups in total. The summed E-state index contributed by atoms with van der Waals surface area (Å²) in [6.45, 7) is 1.41. The van der Waals surface area contributed by atoms with Crippen molar-refractivity contribution in [3.8, 4) is 5.75 Å². The van der Waals surface area contributed by atoms with Crippen LogP contribution in [0.15, 0.2) is 54.6 Å². The summed E-state index contributed by atoms with van der Waals surface area (Å²) < 4.78 is 5.07. The van der Waals surface area contributed by atoms with E-state index in [4.69, 9.17) is 9.84 Å². The SMILES string of the molecule is COc1ccc(C(=O)NC(C(=O)N(C)C(C)C(=O)O)c2ccccc2)cc1. The van der Waals surface area contributed by atoms with E-state index in [1.165, 1.54) is 21.1 Å². The van der Waals surface area contributed by atoms with Crippen molar-refractivity contribution in [2.24, 2.45) is 0 Å². The lowest BCUT2D eigenvalue weighted by atomic mass is 10.0. The van der Waals surface area contributed by atoms with Crippen molar-refractivity contribution in [2.45, 2.75) is 19.0 Å². The van der Waals surface area contributed by atoms with E-state index in [2.05, 4.69) is 5.32 Å². The first-order chi connectivity index (χ1) is 12.8. The van der Waals surface area contributed by atoms with Gasteiger partial charge in [-0.05, 0) is 36.8 Å². The lowest BCUT2D eigenvalue weighted by Crippen LogP contribution is -2.47. The van der Waals surface area contributed by atoms with Crippen molar-refractivity contribution in [1.82, 2.24) is 10.2 Å². The molecule has 7 nitrogen and oxygen atoms in total. The Hall–Kier alpha value is -3.35. The second-order valence-electron chi connectivity index (χ2n) is 6.01. The third-order valence-electron chi connectivity index (χ3n) is 4.29. The number of amides is 2. The van der Waals surface area contributed by atoms with Gasteiger partial charge in [0.05, 0.1) is 7.11 Å². The number of rotatable bonds is 7. The Morgan fingerprint density at radius 2 is 1.63 bits per heavy atom. The van der Waals surface area contributed by atoms with Crippen LogP contribution in [0.3, 0.4) is 0 Å². The maximum atomic E-state index is 12.9. The average Bonchev–Trinajstić information content (AvgIpc) is 2.70. The highest BCUT2D eigenvalue weighted by atomic mass is 16.5. The average molecular weight is 370 g/mol. The first-order valence-electron chi connectivity index (χ1n) is 8.34. The first-order valence-corrected chi connectivity index (χ1v) is 8.34. The van der Waals surface area contributed by atoms with Crippen molar-refractivity contribution >= 4 is 17.8 Å². The van der Waals surface area contributed by atoms with Crippen molar-refractivity contribution in [3.05, 3.63) is 65.7 Å². The summed E-state index contributed by atoms with van der Waals surface area (Å²) in [5.41, 5.74) is 0.923. The zero-order valence-electron chi connectivity index (χ0n) is 15.4. The van der Waals surface area contributed by atoms with Crippen LogP contribution >= 0.6 is 0 Å². The molecule has 7 heteroatoms. The van der Waals surface area contributed by atoms with E-state index in [1.807, 2.05) is 0 Å². The molecule has 142 valence electrons. The van der Waals surface area contributed by atoms with E-state index >= 15 is 0 Å². The second kappa shape index (κ2) is 8.84. The maximum absolute atomic E-state index is 12.9. The monoisotopic (exact) mass is 370 g/mol. The molecule has 0 saturated carbocycles. The Labute approximate surface area is 157 Å². The number of carboxylic acid groups (broad SMARTS) is 1. The zero-order chi connectivity index (χ0) is 20.0. The highest BCUT2D eigenvalue weighted by Gasteiger charge is 2.30. The molecule has 2 unspecified atom stereocenters. The second-order valence-corrected chi connectivity index (χ2v) is 6.01. The topological polar surface area (TPSA) is 95.9 Å². The van der Waals surface area contributed by atoms with Crippen molar-refractivity contribution in [2.75, 3.05) is 14.2 Å². The first kappa shape index (κ1) is 20.0. The van der Waals surface area contributed by atoms with Gasteiger partial charge in [0.1, 0.15) is 17.8 Å². The molecular formula is C20H22N2O5. The normalized spacial score (nSPS) is 12.6. The third-order valence-corrected chi connectivity index (χ3v) is 4.29. The summed E-state index contributed by atoms with van der Waals surface area (Å²) >= 11 is 0. The van der Waals surface area contributed by atoms with Crippen LogP contribution in [0.25, 0.3) is 0 Å². The van der Waals surface area contributed by atoms with E-state index in [-0.39, 0.29) is 0 Å². The number of methoxy groups -OCH3 is 1. The van der Waals surface area contributed by atoms with Crippen LogP contribution in [-0.4, -0.2) is 48.0 Å². The van der Waals surface area contributed by atoms with Crippen LogP contribution in [0.2, 0.25) is 0 Å². The number of nitrogens with zero attached hydrogens (tertiary/aromatic N) is 1. The summed E-state index contributed by atoms with van der Waals surface area (Å²) in [7, 11) is 2.93. The molecule has 0 fully saturated rings. The van der Waals surface area contributed by atoms with Gasteiger partial charge >= 0.3 is 5.97 Å². The summed E-state index contributed by atoms with van der Waals surface area (Å²) in [5.74, 6) is -1.48. The number of likely N-dealkylation sites (N-methyl/N-ethyl adjacent to an activating group) is 1. The van der Waals surface area contributed by atoms with E-state index in [0.29, 0.717) is 16.9 Å². The van der Waals surface area contributed by atoms with Crippen LogP contribution in [0.4, 0.5) is 0 Å². The van der Waals surface area contributed by atoms with Gasteiger partial charge in [-0.25, -0.2) is 4.79 Å². The smallest absolute Gasteiger partial charge is 0.326 e. The van der Waals surface area contributed by atoms with E-state index in [1.54, 1.807) is 54.6 Å². The Morgan fingerprint density at radius 3 is 2.15 bits per heavy atom.